The number of hydrogen-bond acceptors (Lipinski definition) is 3. The van der Waals surface area contributed by atoms with Gasteiger partial charge in [0.25, 0.3) is 0 Å². The molecule has 0 bridgehead atoms. The summed E-state index contributed by atoms with van der Waals surface area (Å²) in [6, 6.07) is 4.75. The molecule has 7 heteroatoms. The Hall–Kier alpha value is -1.63. The molecule has 2 N–H and O–H groups in total. The molecule has 20 heavy (non-hydrogen) atoms. The molecule has 0 unspecified atom stereocenters. The minimum atomic E-state index is -4.34. The zero-order chi connectivity index (χ0) is 14.9. The van der Waals surface area contributed by atoms with Gasteiger partial charge < -0.3 is 5.73 Å². The van der Waals surface area contributed by atoms with Gasteiger partial charge in [-0.3, -0.25) is 0 Å². The first-order chi connectivity index (χ1) is 9.29. The monoisotopic (exact) mass is 301 g/mol. The van der Waals surface area contributed by atoms with Gasteiger partial charge in [-0.2, -0.15) is 18.3 Å². The van der Waals surface area contributed by atoms with Crippen LogP contribution >= 0.6 is 11.8 Å². The highest BCUT2D eigenvalue weighted by atomic mass is 32.2. The van der Waals surface area contributed by atoms with Crippen LogP contribution in [0.5, 0.6) is 0 Å². The smallest absolute Gasteiger partial charge is 0.383 e. The van der Waals surface area contributed by atoms with Crippen molar-refractivity contribution >= 4 is 17.6 Å². The van der Waals surface area contributed by atoms with E-state index in [0.717, 1.165) is 17.0 Å². The minimum Gasteiger partial charge on any atom is -0.383 e. The van der Waals surface area contributed by atoms with E-state index in [1.165, 1.54) is 16.8 Å². The van der Waals surface area contributed by atoms with E-state index in [1.54, 1.807) is 18.0 Å². The summed E-state index contributed by atoms with van der Waals surface area (Å²) in [7, 11) is 0. The molecule has 0 radical (unpaired) electrons. The number of rotatable bonds is 3. The lowest BCUT2D eigenvalue weighted by Gasteiger charge is -2.09. The molecule has 0 spiro atoms. The van der Waals surface area contributed by atoms with Crippen LogP contribution in [0.1, 0.15) is 19.4 Å². The fourth-order valence-corrected chi connectivity index (χ4v) is 2.51. The number of alkyl halides is 3. The Labute approximate surface area is 119 Å². The maximum absolute atomic E-state index is 12.5. The van der Waals surface area contributed by atoms with E-state index in [2.05, 4.69) is 5.10 Å². The van der Waals surface area contributed by atoms with E-state index >= 15 is 0 Å². The highest BCUT2D eigenvalue weighted by molar-refractivity contribution is 8.00. The van der Waals surface area contributed by atoms with E-state index in [-0.39, 0.29) is 0 Å². The SMILES string of the molecule is CC(C)Sc1cnn(-c2ccc(C(F)(F)F)cc2)c1N. The van der Waals surface area contributed by atoms with E-state index in [4.69, 9.17) is 5.73 Å². The van der Waals surface area contributed by atoms with Crippen LogP contribution in [0.15, 0.2) is 35.4 Å². The first-order valence-corrected chi connectivity index (χ1v) is 6.85. The van der Waals surface area contributed by atoms with Gasteiger partial charge in [-0.15, -0.1) is 11.8 Å². The second kappa shape index (κ2) is 5.40. The molecule has 2 aromatic rings. The van der Waals surface area contributed by atoms with Crippen molar-refractivity contribution in [1.29, 1.82) is 0 Å². The molecular weight excluding hydrogens is 287 g/mol. The van der Waals surface area contributed by atoms with E-state index in [0.29, 0.717) is 16.8 Å². The number of nitrogens with zero attached hydrogens (tertiary/aromatic N) is 2. The van der Waals surface area contributed by atoms with Crippen molar-refractivity contribution < 1.29 is 13.2 Å². The van der Waals surface area contributed by atoms with Gasteiger partial charge in [0.05, 0.1) is 22.3 Å². The lowest BCUT2D eigenvalue weighted by Crippen LogP contribution is -2.06. The summed E-state index contributed by atoms with van der Waals surface area (Å²) in [5, 5.41) is 4.47. The zero-order valence-corrected chi connectivity index (χ0v) is 11.8. The second-order valence-electron chi connectivity index (χ2n) is 4.52. The number of benzene rings is 1. The molecule has 0 aliphatic carbocycles. The van der Waals surface area contributed by atoms with Crippen molar-refractivity contribution in [1.82, 2.24) is 9.78 Å². The van der Waals surface area contributed by atoms with Gasteiger partial charge >= 0.3 is 6.18 Å². The van der Waals surface area contributed by atoms with Crippen molar-refractivity contribution in [2.45, 2.75) is 30.2 Å². The first kappa shape index (κ1) is 14.8. The van der Waals surface area contributed by atoms with Crippen LogP contribution < -0.4 is 5.73 Å². The summed E-state index contributed by atoms with van der Waals surface area (Å²) >= 11 is 1.56. The average Bonchev–Trinajstić information content (AvgIpc) is 2.69. The van der Waals surface area contributed by atoms with Gasteiger partial charge in [0, 0.05) is 5.25 Å². The van der Waals surface area contributed by atoms with Gasteiger partial charge in [0.2, 0.25) is 0 Å². The molecule has 0 saturated heterocycles. The average molecular weight is 301 g/mol. The number of nitrogens with two attached hydrogens (primary N) is 1. The number of hydrogen-bond donors (Lipinski definition) is 1. The quantitative estimate of drug-likeness (QED) is 0.872. The molecule has 0 aliphatic heterocycles. The summed E-state index contributed by atoms with van der Waals surface area (Å²) in [6.07, 6.45) is -2.72. The van der Waals surface area contributed by atoms with Gasteiger partial charge in [0.1, 0.15) is 5.82 Å². The zero-order valence-electron chi connectivity index (χ0n) is 11.0. The van der Waals surface area contributed by atoms with Crippen LogP contribution in [0.25, 0.3) is 5.69 Å². The van der Waals surface area contributed by atoms with Gasteiger partial charge in [-0.1, -0.05) is 13.8 Å². The molecule has 0 aliphatic rings. The fraction of sp³-hybridized carbons (Fsp3) is 0.308. The summed E-state index contributed by atoms with van der Waals surface area (Å²) in [5.74, 6) is 0.434. The highest BCUT2D eigenvalue weighted by Gasteiger charge is 2.30. The number of aromatic nitrogens is 2. The maximum Gasteiger partial charge on any atom is 0.416 e. The molecule has 1 heterocycles. The predicted octanol–water partition coefficient (Wildman–Crippen LogP) is 3.97. The predicted molar refractivity (Wildman–Crippen MR) is 74.0 cm³/mol. The third-order valence-electron chi connectivity index (χ3n) is 2.57. The Morgan fingerprint density at radius 1 is 1.20 bits per heavy atom. The molecular formula is C13H14F3N3S. The second-order valence-corrected chi connectivity index (χ2v) is 6.14. The highest BCUT2D eigenvalue weighted by Crippen LogP contribution is 2.32. The molecule has 0 atom stereocenters. The van der Waals surface area contributed by atoms with Crippen molar-refractivity contribution in [2.75, 3.05) is 5.73 Å². The Morgan fingerprint density at radius 2 is 1.80 bits per heavy atom. The molecule has 1 aromatic heterocycles. The summed E-state index contributed by atoms with van der Waals surface area (Å²) in [5.41, 5.74) is 5.78. The number of nitrogen functional groups attached to an aromatic ring is 1. The lowest BCUT2D eigenvalue weighted by molar-refractivity contribution is -0.137. The van der Waals surface area contributed by atoms with E-state index in [9.17, 15) is 13.2 Å². The fourth-order valence-electron chi connectivity index (χ4n) is 1.68. The third kappa shape index (κ3) is 3.09. The Kier molecular flexibility index (Phi) is 3.99. The Bertz CT molecular complexity index is 588. The molecule has 108 valence electrons. The molecule has 0 amide bonds. The lowest BCUT2D eigenvalue weighted by atomic mass is 10.2. The molecule has 2 rings (SSSR count). The molecule has 1 aromatic carbocycles. The van der Waals surface area contributed by atoms with Crippen molar-refractivity contribution in [3.8, 4) is 5.69 Å². The maximum atomic E-state index is 12.5. The van der Waals surface area contributed by atoms with Crippen LogP contribution in [0.3, 0.4) is 0 Å². The Morgan fingerprint density at radius 3 is 2.30 bits per heavy atom. The minimum absolute atomic E-state index is 0.350. The topological polar surface area (TPSA) is 43.8 Å². The van der Waals surface area contributed by atoms with Crippen LogP contribution in [-0.4, -0.2) is 15.0 Å². The first-order valence-electron chi connectivity index (χ1n) is 5.97. The standard InChI is InChI=1S/C13H14F3N3S/c1-8(2)20-11-7-18-19(12(11)17)10-5-3-9(4-6-10)13(14,15)16/h3-8H,17H2,1-2H3. The van der Waals surface area contributed by atoms with Gasteiger partial charge in [-0.05, 0) is 24.3 Å². The Balaban J connectivity index is 2.31. The van der Waals surface area contributed by atoms with Crippen molar-refractivity contribution in [3.05, 3.63) is 36.0 Å². The van der Waals surface area contributed by atoms with Gasteiger partial charge in [0.15, 0.2) is 0 Å². The molecule has 0 fully saturated rings. The summed E-state index contributed by atoms with van der Waals surface area (Å²) in [4.78, 5) is 0.819. The largest absolute Gasteiger partial charge is 0.416 e. The van der Waals surface area contributed by atoms with Crippen LogP contribution in [-0.2, 0) is 6.18 Å². The summed E-state index contributed by atoms with van der Waals surface area (Å²) in [6.45, 7) is 4.05. The normalized spacial score (nSPS) is 12.1. The summed E-state index contributed by atoms with van der Waals surface area (Å²) < 4.78 is 38.9. The van der Waals surface area contributed by atoms with Crippen LogP contribution in [0.4, 0.5) is 19.0 Å². The molecule has 3 nitrogen and oxygen atoms in total. The number of halogens is 3. The van der Waals surface area contributed by atoms with Crippen molar-refractivity contribution in [2.24, 2.45) is 0 Å². The van der Waals surface area contributed by atoms with Crippen LogP contribution in [0, 0.1) is 0 Å². The van der Waals surface area contributed by atoms with E-state index < -0.39 is 11.7 Å². The third-order valence-corrected chi connectivity index (χ3v) is 3.61. The van der Waals surface area contributed by atoms with Crippen LogP contribution in [0.2, 0.25) is 0 Å². The van der Waals surface area contributed by atoms with Crippen molar-refractivity contribution in [3.63, 3.8) is 0 Å². The number of anilines is 1. The van der Waals surface area contributed by atoms with Gasteiger partial charge in [-0.25, -0.2) is 4.68 Å². The number of thioether (sulfide) groups is 1. The van der Waals surface area contributed by atoms with E-state index in [1.807, 2.05) is 13.8 Å². The molecule has 0 saturated carbocycles.